The Morgan fingerprint density at radius 2 is 0.965 bits per heavy atom. The number of nitrogens with one attached hydrogen (secondary N) is 4. The van der Waals surface area contributed by atoms with Crippen molar-refractivity contribution in [2.45, 2.75) is 134 Å². The Hall–Kier alpha value is -6.65. The van der Waals surface area contributed by atoms with Crippen molar-refractivity contribution in [2.24, 2.45) is 23.7 Å². The van der Waals surface area contributed by atoms with Crippen molar-refractivity contribution in [3.8, 4) is 33.8 Å². The summed E-state index contributed by atoms with van der Waals surface area (Å²) in [6.07, 6.45) is 0.663. The molecule has 2 fully saturated rings. The maximum Gasteiger partial charge on any atom is 0.325 e. The topological polar surface area (TPSA) is 280 Å². The summed E-state index contributed by atoms with van der Waals surface area (Å²) in [4.78, 5) is 101. The fourth-order valence-electron chi connectivity index (χ4n) is 9.37. The predicted molar refractivity (Wildman–Crippen MR) is 322 cm³/mol. The highest BCUT2D eigenvalue weighted by molar-refractivity contribution is 6.67. The van der Waals surface area contributed by atoms with Crippen LogP contribution in [0.1, 0.15) is 117 Å². The third-order valence-electron chi connectivity index (χ3n) is 14.4. The van der Waals surface area contributed by atoms with Crippen LogP contribution >= 0.6 is 34.8 Å². The quantitative estimate of drug-likeness (QED) is 0.0244. The number of esters is 1. The third-order valence-corrected chi connectivity index (χ3v) is 14.7. The fraction of sp³-hybridized carbons (Fsp3) is 0.484. The van der Waals surface area contributed by atoms with Crippen molar-refractivity contribution in [1.82, 2.24) is 31.5 Å². The van der Waals surface area contributed by atoms with Crippen LogP contribution in [0.4, 0.5) is 0 Å². The van der Waals surface area contributed by atoms with Gasteiger partial charge in [0.1, 0.15) is 55.5 Å². The Labute approximate surface area is 511 Å². The summed E-state index contributed by atoms with van der Waals surface area (Å²) >= 11 is 16.9. The van der Waals surface area contributed by atoms with E-state index >= 15 is 0 Å². The largest absolute Gasteiger partial charge is 0.486 e. The van der Waals surface area contributed by atoms with Gasteiger partial charge in [-0.2, -0.15) is 0 Å². The molecule has 23 heteroatoms. The van der Waals surface area contributed by atoms with Crippen molar-refractivity contribution < 1.29 is 67.9 Å². The number of alkyl halides is 3. The molecule has 85 heavy (non-hydrogen) atoms. The first-order chi connectivity index (χ1) is 40.1. The van der Waals surface area contributed by atoms with Gasteiger partial charge in [-0.05, 0) is 135 Å². The average Bonchev–Trinajstić information content (AvgIpc) is 3.69. The van der Waals surface area contributed by atoms with Gasteiger partial charge in [0.15, 0.2) is 11.6 Å². The number of carbonyl (C=O) groups is 8. The third kappa shape index (κ3) is 22.0. The van der Waals surface area contributed by atoms with E-state index in [4.69, 9.17) is 49.0 Å². The van der Waals surface area contributed by atoms with Gasteiger partial charge in [-0.15, -0.1) is 0 Å². The second-order valence-corrected chi connectivity index (χ2v) is 24.6. The molecule has 2 heterocycles. The Morgan fingerprint density at radius 3 is 1.33 bits per heavy atom. The lowest BCUT2D eigenvalue weighted by atomic mass is 9.89. The number of aliphatic hydroxyl groups excluding tert-OH is 2. The molecule has 20 nitrogen and oxygen atoms in total. The Balaban J connectivity index is 0.000000313. The van der Waals surface area contributed by atoms with Gasteiger partial charge in [0.2, 0.25) is 15.6 Å². The molecule has 0 spiro atoms. The van der Waals surface area contributed by atoms with Crippen LogP contribution in [0.25, 0.3) is 22.3 Å². The highest BCUT2D eigenvalue weighted by Crippen LogP contribution is 2.29. The van der Waals surface area contributed by atoms with E-state index in [-0.39, 0.29) is 49.5 Å². The fourth-order valence-corrected chi connectivity index (χ4v) is 9.53. The normalized spacial score (nSPS) is 17.4. The predicted octanol–water partition coefficient (Wildman–Crippen LogP) is 8.03. The number of benzene rings is 4. The first-order valence-corrected chi connectivity index (χ1v) is 29.5. The highest BCUT2D eigenvalue weighted by Gasteiger charge is 2.36. The van der Waals surface area contributed by atoms with E-state index in [0.717, 1.165) is 33.4 Å². The van der Waals surface area contributed by atoms with E-state index in [0.29, 0.717) is 50.3 Å². The minimum Gasteiger partial charge on any atom is -0.486 e. The van der Waals surface area contributed by atoms with Crippen molar-refractivity contribution in [1.29, 1.82) is 0 Å². The molecule has 2 saturated heterocycles. The number of hydrogen-bond acceptors (Lipinski definition) is 15. The number of nitrogens with zero attached hydrogens (tertiary/aromatic N) is 2. The minimum absolute atomic E-state index is 0.0440. The molecule has 6 rings (SSSR count). The van der Waals surface area contributed by atoms with Crippen molar-refractivity contribution in [3.63, 3.8) is 0 Å². The summed E-state index contributed by atoms with van der Waals surface area (Å²) in [5.74, 6) is -4.58. The average molecular weight is 1240 g/mol. The van der Waals surface area contributed by atoms with Gasteiger partial charge in [-0.1, -0.05) is 123 Å². The molecule has 0 radical (unpaired) electrons. The van der Waals surface area contributed by atoms with Crippen LogP contribution in [0.5, 0.6) is 11.5 Å². The molecule has 4 aromatic rings. The van der Waals surface area contributed by atoms with Gasteiger partial charge < -0.3 is 40.2 Å². The number of ether oxygens (including phenoxy) is 3. The number of ketones is 2. The smallest absolute Gasteiger partial charge is 0.325 e. The molecule has 0 saturated carbocycles. The second-order valence-electron chi connectivity index (χ2n) is 22.1. The number of halogens is 3. The van der Waals surface area contributed by atoms with Crippen LogP contribution in [0.2, 0.25) is 0 Å². The maximum absolute atomic E-state index is 13.2. The van der Waals surface area contributed by atoms with Gasteiger partial charge in [0, 0.05) is 37.8 Å². The van der Waals surface area contributed by atoms with Crippen LogP contribution in [0.15, 0.2) is 97.1 Å². The zero-order chi connectivity index (χ0) is 62.7. The van der Waals surface area contributed by atoms with E-state index in [9.17, 15) is 53.7 Å². The second kappa shape index (κ2) is 32.7. The lowest BCUT2D eigenvalue weighted by Crippen LogP contribution is -2.60. The number of hydrogen-bond donors (Lipinski definition) is 7. The molecule has 4 amide bonds. The number of aliphatic carboxylic acids is 1. The molecular formula is C62H79Cl3N6O14. The molecule has 0 bridgehead atoms. The van der Waals surface area contributed by atoms with Gasteiger partial charge in [-0.3, -0.25) is 48.4 Å². The number of amides is 4. The SMILES string of the molecule is CC(C)[C@H](CC(=O)COc1ccc(-c2cccc([C@@H](C)O)c2)cc1)C(=O)N[C@@H](C)C(=O)N1CCC[C@@H](C(=O)O)N1.CC(C)[C@H](CC(=O)COc1ccc(-c2cccc([C@@H](C)O)c2)cc1)C(=O)N[C@@H](C)C(=O)N1CCC[C@@H](C(=O)OCC(Cl)(Cl)Cl)N1. The van der Waals surface area contributed by atoms with E-state index in [1.165, 1.54) is 10.0 Å². The monoisotopic (exact) mass is 1240 g/mol. The first kappa shape index (κ1) is 69.1. The minimum atomic E-state index is -1.75. The molecule has 462 valence electrons. The summed E-state index contributed by atoms with van der Waals surface area (Å²) in [7, 11) is 0. The van der Waals surface area contributed by atoms with Crippen molar-refractivity contribution >= 4 is 81.9 Å². The molecule has 0 aliphatic carbocycles. The highest BCUT2D eigenvalue weighted by atomic mass is 35.6. The van der Waals surface area contributed by atoms with Gasteiger partial charge >= 0.3 is 11.9 Å². The van der Waals surface area contributed by atoms with Crippen LogP contribution in [-0.2, 0) is 43.1 Å². The number of carboxylic acid groups (broad SMARTS) is 1. The van der Waals surface area contributed by atoms with Crippen LogP contribution in [0.3, 0.4) is 0 Å². The molecule has 0 aromatic heterocycles. The summed E-state index contributed by atoms with van der Waals surface area (Å²) in [6.45, 7) is 13.7. The first-order valence-electron chi connectivity index (χ1n) is 28.4. The van der Waals surface area contributed by atoms with E-state index < -0.39 is 94.2 Å². The summed E-state index contributed by atoms with van der Waals surface area (Å²) < 4.78 is 14.6. The Kier molecular flexibility index (Phi) is 26.6. The number of hydrazine groups is 2. The van der Waals surface area contributed by atoms with Crippen LogP contribution < -0.4 is 31.0 Å². The zero-order valence-electron chi connectivity index (χ0n) is 49.1. The molecular weight excluding hydrogens is 1160 g/mol. The summed E-state index contributed by atoms with van der Waals surface area (Å²) in [5, 5.41) is 36.8. The van der Waals surface area contributed by atoms with E-state index in [2.05, 4.69) is 21.5 Å². The molecule has 8 atom stereocenters. The summed E-state index contributed by atoms with van der Waals surface area (Å²) in [5.41, 5.74) is 10.9. The lowest BCUT2D eigenvalue weighted by Gasteiger charge is -2.34. The summed E-state index contributed by atoms with van der Waals surface area (Å²) in [6, 6.07) is 26.3. The van der Waals surface area contributed by atoms with E-state index in [1.807, 2.05) is 100 Å². The number of carbonyl (C=O) groups excluding carboxylic acids is 7. The number of carboxylic acids is 1. The standard InChI is InChI=1S/C32H40Cl3N3O7.C30H39N3O7/c1-19(2)27(16-25(40)17-44-26-12-10-22(11-13-26)24-8-5-7-23(15-24)21(4)39)29(41)36-20(3)30(42)38-14-6-9-28(37-38)31(43)45-18-32(33,34)35;1-18(2)26(28(36)31-19(3)29(37)33-14-6-9-27(32-33)30(38)39)16-24(35)17-40-25-12-10-21(11-13-25)23-8-5-7-22(15-23)20(4)34/h5,7-8,10-13,15,19-21,27-28,37,39H,6,9,14,16-18H2,1-4H3,(H,36,41);5,7-8,10-13,15,18-20,26-27,32,34H,6,9,14,16-17H2,1-4H3,(H,31,36)(H,38,39)/t20-,21+,27-,28-;19-,20+,26-,27-/m00/s1. The van der Waals surface area contributed by atoms with Crippen molar-refractivity contribution in [3.05, 3.63) is 108 Å². The van der Waals surface area contributed by atoms with Crippen LogP contribution in [0, 0.1) is 23.7 Å². The molecule has 4 aromatic carbocycles. The van der Waals surface area contributed by atoms with Gasteiger partial charge in [0.05, 0.1) is 12.2 Å². The Morgan fingerprint density at radius 1 is 0.576 bits per heavy atom. The molecule has 2 aliphatic heterocycles. The van der Waals surface area contributed by atoms with Crippen molar-refractivity contribution in [2.75, 3.05) is 32.9 Å². The Bertz CT molecular complexity index is 2920. The zero-order valence-corrected chi connectivity index (χ0v) is 51.4. The molecule has 0 unspecified atom stereocenters. The van der Waals surface area contributed by atoms with Crippen LogP contribution in [-0.4, -0.2) is 133 Å². The number of rotatable bonds is 25. The number of aliphatic hydroxyl groups is 2. The van der Waals surface area contributed by atoms with Gasteiger partial charge in [0.25, 0.3) is 11.8 Å². The molecule has 7 N–H and O–H groups in total. The lowest BCUT2D eigenvalue weighted by molar-refractivity contribution is -0.153. The number of Topliss-reactive ketones (excluding diaryl/α,β-unsaturated/α-hetero) is 2. The van der Waals surface area contributed by atoms with E-state index in [1.54, 1.807) is 52.0 Å². The maximum atomic E-state index is 13.2. The molecule has 2 aliphatic rings. The van der Waals surface area contributed by atoms with Gasteiger partial charge in [-0.25, -0.2) is 10.9 Å².